The second-order valence-corrected chi connectivity index (χ2v) is 6.10. The molecule has 0 aromatic carbocycles. The fourth-order valence-corrected chi connectivity index (χ4v) is 2.03. The van der Waals surface area contributed by atoms with E-state index in [0.29, 0.717) is 30.6 Å². The maximum atomic E-state index is 11.7. The molecule has 1 saturated heterocycles. The average molecular weight is 266 g/mol. The van der Waals surface area contributed by atoms with Crippen LogP contribution in [0.25, 0.3) is 0 Å². The number of nitrogens with one attached hydrogen (secondary N) is 2. The number of nitrogens with zero attached hydrogens (tertiary/aromatic N) is 2. The third-order valence-electron chi connectivity index (χ3n) is 3.21. The van der Waals surface area contributed by atoms with Crippen LogP contribution >= 0.6 is 0 Å². The van der Waals surface area contributed by atoms with E-state index in [1.165, 1.54) is 0 Å². The van der Waals surface area contributed by atoms with Gasteiger partial charge in [-0.3, -0.25) is 4.79 Å². The highest BCUT2D eigenvalue weighted by Crippen LogP contribution is 2.18. The Morgan fingerprint density at radius 3 is 2.89 bits per heavy atom. The van der Waals surface area contributed by atoms with E-state index in [9.17, 15) is 4.79 Å². The highest BCUT2D eigenvalue weighted by atomic mass is 16.5. The predicted octanol–water partition coefficient (Wildman–Crippen LogP) is 0.983. The Labute approximate surface area is 113 Å². The number of amides is 1. The van der Waals surface area contributed by atoms with Crippen LogP contribution in [0.1, 0.15) is 45.3 Å². The Kier molecular flexibility index (Phi) is 4.19. The minimum absolute atomic E-state index is 0.0456. The molecular weight excluding hydrogens is 244 g/mol. The lowest BCUT2D eigenvalue weighted by Gasteiger charge is -2.11. The van der Waals surface area contributed by atoms with Gasteiger partial charge >= 0.3 is 0 Å². The van der Waals surface area contributed by atoms with Crippen LogP contribution in [0.2, 0.25) is 0 Å². The van der Waals surface area contributed by atoms with Crippen molar-refractivity contribution in [3.8, 4) is 0 Å². The van der Waals surface area contributed by atoms with Gasteiger partial charge in [0.1, 0.15) is 0 Å². The number of rotatable bonds is 4. The normalized spacial score (nSPS) is 19.6. The zero-order chi connectivity index (χ0) is 13.9. The molecular formula is C13H22N4O2. The Morgan fingerprint density at radius 1 is 1.53 bits per heavy atom. The largest absolute Gasteiger partial charge is 0.347 e. The maximum absolute atomic E-state index is 11.7. The second kappa shape index (κ2) is 5.69. The summed E-state index contributed by atoms with van der Waals surface area (Å²) in [6.45, 7) is 8.31. The van der Waals surface area contributed by atoms with E-state index in [2.05, 4.69) is 20.8 Å². The first-order valence-electron chi connectivity index (χ1n) is 6.75. The van der Waals surface area contributed by atoms with Crippen LogP contribution < -0.4 is 10.6 Å². The van der Waals surface area contributed by atoms with Gasteiger partial charge in [0.15, 0.2) is 5.82 Å². The molecule has 106 valence electrons. The molecule has 6 heteroatoms. The molecule has 0 radical (unpaired) electrons. The molecule has 1 aliphatic heterocycles. The summed E-state index contributed by atoms with van der Waals surface area (Å²) in [5.74, 6) is 1.62. The third-order valence-corrected chi connectivity index (χ3v) is 3.21. The highest BCUT2D eigenvalue weighted by molar-refractivity contribution is 5.76. The SMILES string of the molecule is CC(C)(C)c1noc(CNC(=O)C[C@H]2CCNC2)n1. The average Bonchev–Trinajstić information content (AvgIpc) is 2.95. The molecule has 0 bridgehead atoms. The molecule has 2 N–H and O–H groups in total. The first-order chi connectivity index (χ1) is 8.95. The number of hydrogen-bond donors (Lipinski definition) is 2. The number of aromatic nitrogens is 2. The summed E-state index contributed by atoms with van der Waals surface area (Å²) in [5, 5.41) is 10.00. The van der Waals surface area contributed by atoms with Crippen molar-refractivity contribution >= 4 is 5.91 Å². The van der Waals surface area contributed by atoms with Gasteiger partial charge in [0.2, 0.25) is 11.8 Å². The van der Waals surface area contributed by atoms with Gasteiger partial charge in [0.25, 0.3) is 0 Å². The lowest BCUT2D eigenvalue weighted by molar-refractivity contribution is -0.122. The van der Waals surface area contributed by atoms with Crippen molar-refractivity contribution in [2.75, 3.05) is 13.1 Å². The van der Waals surface area contributed by atoms with Crippen molar-refractivity contribution in [1.82, 2.24) is 20.8 Å². The highest BCUT2D eigenvalue weighted by Gasteiger charge is 2.21. The van der Waals surface area contributed by atoms with Gasteiger partial charge in [0.05, 0.1) is 6.54 Å². The van der Waals surface area contributed by atoms with E-state index in [1.54, 1.807) is 0 Å². The van der Waals surface area contributed by atoms with Gasteiger partial charge in [-0.15, -0.1) is 0 Å². The fourth-order valence-electron chi connectivity index (χ4n) is 2.03. The summed E-state index contributed by atoms with van der Waals surface area (Å²) in [6, 6.07) is 0. The molecule has 1 atom stereocenters. The first kappa shape index (κ1) is 14.0. The van der Waals surface area contributed by atoms with E-state index in [-0.39, 0.29) is 11.3 Å². The molecule has 1 fully saturated rings. The second-order valence-electron chi connectivity index (χ2n) is 6.10. The molecule has 0 saturated carbocycles. The molecule has 1 aliphatic rings. The van der Waals surface area contributed by atoms with Crippen molar-refractivity contribution in [2.24, 2.45) is 5.92 Å². The topological polar surface area (TPSA) is 80.0 Å². The summed E-state index contributed by atoms with van der Waals surface area (Å²) in [5.41, 5.74) is -0.138. The van der Waals surface area contributed by atoms with E-state index in [4.69, 9.17) is 4.52 Å². The minimum Gasteiger partial charge on any atom is -0.347 e. The third kappa shape index (κ3) is 4.02. The van der Waals surface area contributed by atoms with Crippen molar-refractivity contribution < 1.29 is 9.32 Å². The van der Waals surface area contributed by atoms with Crippen LogP contribution in [0, 0.1) is 5.92 Å². The van der Waals surface area contributed by atoms with Crippen LogP contribution in [0.3, 0.4) is 0 Å². The van der Waals surface area contributed by atoms with Gasteiger partial charge in [-0.05, 0) is 25.4 Å². The Bertz CT molecular complexity index is 430. The molecule has 1 aromatic rings. The fraction of sp³-hybridized carbons (Fsp3) is 0.769. The van der Waals surface area contributed by atoms with Crippen LogP contribution in [-0.2, 0) is 16.8 Å². The Balaban J connectivity index is 1.78. The number of carbonyl (C=O) groups excluding carboxylic acids is 1. The summed E-state index contributed by atoms with van der Waals surface area (Å²) < 4.78 is 5.12. The Morgan fingerprint density at radius 2 is 2.32 bits per heavy atom. The van der Waals surface area contributed by atoms with Gasteiger partial charge in [-0.1, -0.05) is 25.9 Å². The van der Waals surface area contributed by atoms with Gasteiger partial charge in [0, 0.05) is 11.8 Å². The summed E-state index contributed by atoms with van der Waals surface area (Å²) in [6.07, 6.45) is 1.63. The molecule has 0 spiro atoms. The lowest BCUT2D eigenvalue weighted by atomic mass is 9.96. The Hall–Kier alpha value is -1.43. The first-order valence-corrected chi connectivity index (χ1v) is 6.75. The van der Waals surface area contributed by atoms with E-state index in [1.807, 2.05) is 20.8 Å². The zero-order valence-corrected chi connectivity index (χ0v) is 11.8. The van der Waals surface area contributed by atoms with Gasteiger partial charge < -0.3 is 15.2 Å². The van der Waals surface area contributed by atoms with E-state index in [0.717, 1.165) is 19.5 Å². The number of carbonyl (C=O) groups is 1. The van der Waals surface area contributed by atoms with Crippen molar-refractivity contribution in [2.45, 2.75) is 45.6 Å². The summed E-state index contributed by atoms with van der Waals surface area (Å²) in [4.78, 5) is 16.0. The molecule has 2 heterocycles. The van der Waals surface area contributed by atoms with Crippen LogP contribution in [0.5, 0.6) is 0 Å². The smallest absolute Gasteiger partial charge is 0.246 e. The zero-order valence-electron chi connectivity index (χ0n) is 11.8. The molecule has 19 heavy (non-hydrogen) atoms. The number of hydrogen-bond acceptors (Lipinski definition) is 5. The molecule has 1 aromatic heterocycles. The van der Waals surface area contributed by atoms with Crippen LogP contribution in [0.4, 0.5) is 0 Å². The molecule has 6 nitrogen and oxygen atoms in total. The molecule has 0 aliphatic carbocycles. The molecule has 0 unspecified atom stereocenters. The quantitative estimate of drug-likeness (QED) is 0.849. The summed E-state index contributed by atoms with van der Waals surface area (Å²) in [7, 11) is 0. The maximum Gasteiger partial charge on any atom is 0.246 e. The predicted molar refractivity (Wildman–Crippen MR) is 70.4 cm³/mol. The van der Waals surface area contributed by atoms with Gasteiger partial charge in [-0.25, -0.2) is 0 Å². The van der Waals surface area contributed by atoms with E-state index >= 15 is 0 Å². The van der Waals surface area contributed by atoms with E-state index < -0.39 is 0 Å². The lowest BCUT2D eigenvalue weighted by Crippen LogP contribution is -2.26. The van der Waals surface area contributed by atoms with Gasteiger partial charge in [-0.2, -0.15) is 4.98 Å². The van der Waals surface area contributed by atoms with Crippen molar-refractivity contribution in [1.29, 1.82) is 0 Å². The van der Waals surface area contributed by atoms with Crippen molar-refractivity contribution in [3.63, 3.8) is 0 Å². The van der Waals surface area contributed by atoms with Crippen LogP contribution in [-0.4, -0.2) is 29.1 Å². The molecule has 2 rings (SSSR count). The minimum atomic E-state index is -0.138. The molecule has 1 amide bonds. The van der Waals surface area contributed by atoms with Crippen LogP contribution in [0.15, 0.2) is 4.52 Å². The summed E-state index contributed by atoms with van der Waals surface area (Å²) >= 11 is 0. The standard InChI is InChI=1S/C13H22N4O2/c1-13(2,3)12-16-11(19-17-12)8-15-10(18)6-9-4-5-14-7-9/h9,14H,4-8H2,1-3H3,(H,15,18)/t9-/m1/s1. The van der Waals surface area contributed by atoms with Crippen molar-refractivity contribution in [3.05, 3.63) is 11.7 Å². The monoisotopic (exact) mass is 266 g/mol.